The molecule has 0 radical (unpaired) electrons. The average molecular weight is 331 g/mol. The maximum atomic E-state index is 11.4. The summed E-state index contributed by atoms with van der Waals surface area (Å²) in [7, 11) is 0. The number of alkyl carbamates (subject to hydrolysis) is 1. The van der Waals surface area contributed by atoms with Gasteiger partial charge in [-0.15, -0.1) is 0 Å². The van der Waals surface area contributed by atoms with Crippen molar-refractivity contribution in [2.75, 3.05) is 26.5 Å². The summed E-state index contributed by atoms with van der Waals surface area (Å²) in [6.45, 7) is 3.91. The van der Waals surface area contributed by atoms with Gasteiger partial charge in [0.15, 0.2) is 0 Å². The molecule has 0 unspecified atom stereocenters. The van der Waals surface area contributed by atoms with Gasteiger partial charge in [-0.2, -0.15) is 0 Å². The molecule has 0 aromatic rings. The molecule has 5 N–H and O–H groups in total. The van der Waals surface area contributed by atoms with E-state index < -0.39 is 12.1 Å². The van der Waals surface area contributed by atoms with Crippen LogP contribution in [-0.4, -0.2) is 49.6 Å². The van der Waals surface area contributed by atoms with E-state index in [9.17, 15) is 14.4 Å². The second kappa shape index (κ2) is 13.4. The maximum absolute atomic E-state index is 11.4. The molecular weight excluding hydrogens is 306 g/mol. The molecule has 0 spiro atoms. The van der Waals surface area contributed by atoms with Crippen LogP contribution >= 0.6 is 0 Å². The summed E-state index contributed by atoms with van der Waals surface area (Å²) in [5.41, 5.74) is 5.53. The molecule has 0 atom stereocenters. The third-order valence-corrected chi connectivity index (χ3v) is 2.57. The van der Waals surface area contributed by atoms with Crippen molar-refractivity contribution in [2.45, 2.75) is 32.1 Å². The predicted molar refractivity (Wildman–Crippen MR) is 82.4 cm³/mol. The van der Waals surface area contributed by atoms with Crippen LogP contribution in [0.15, 0.2) is 12.3 Å². The number of rotatable bonds is 13. The zero-order valence-electron chi connectivity index (χ0n) is 13.1. The lowest BCUT2D eigenvalue weighted by atomic mass is 10.2. The van der Waals surface area contributed by atoms with Gasteiger partial charge in [0, 0.05) is 18.7 Å². The number of carbonyl (C=O) groups is 3. The lowest BCUT2D eigenvalue weighted by Crippen LogP contribution is -2.27. The van der Waals surface area contributed by atoms with E-state index in [0.717, 1.165) is 12.8 Å². The van der Waals surface area contributed by atoms with Gasteiger partial charge in [0.1, 0.15) is 13.3 Å². The smallest absolute Gasteiger partial charge is 0.407 e. The van der Waals surface area contributed by atoms with E-state index in [4.69, 9.17) is 20.3 Å². The van der Waals surface area contributed by atoms with E-state index in [1.54, 1.807) is 0 Å². The standard InChI is InChI=1S/C14H25N3O6/c1-11(15)9-23-14(21)16-7-4-2-3-5-12(18)17-10-22-8-6-13(19)20/h1-10,15H2,(H,16,21)(H,17,18)(H,19,20). The first-order valence-corrected chi connectivity index (χ1v) is 7.32. The lowest BCUT2D eigenvalue weighted by molar-refractivity contribution is -0.138. The van der Waals surface area contributed by atoms with Crippen LogP contribution in [0.2, 0.25) is 0 Å². The molecule has 0 aliphatic carbocycles. The Balaban J connectivity index is 3.36. The van der Waals surface area contributed by atoms with Crippen LogP contribution in [0.25, 0.3) is 0 Å². The first kappa shape index (κ1) is 20.7. The topological polar surface area (TPSA) is 140 Å². The number of nitrogens with two attached hydrogens (primary N) is 1. The fourth-order valence-electron chi connectivity index (χ4n) is 1.44. The first-order valence-electron chi connectivity index (χ1n) is 7.32. The molecule has 9 nitrogen and oxygen atoms in total. The molecule has 0 bridgehead atoms. The summed E-state index contributed by atoms with van der Waals surface area (Å²) in [5.74, 6) is -1.10. The Morgan fingerprint density at radius 1 is 1.09 bits per heavy atom. The Kier molecular flexibility index (Phi) is 12.0. The monoisotopic (exact) mass is 331 g/mol. The largest absolute Gasteiger partial charge is 0.481 e. The molecule has 0 aromatic heterocycles. The number of nitrogens with one attached hydrogen (secondary N) is 2. The summed E-state index contributed by atoms with van der Waals surface area (Å²) < 4.78 is 9.67. The number of carboxylic acid groups (broad SMARTS) is 1. The molecule has 0 aromatic carbocycles. The van der Waals surface area contributed by atoms with Gasteiger partial charge in [0.25, 0.3) is 0 Å². The molecule has 0 heterocycles. The van der Waals surface area contributed by atoms with Crippen molar-refractivity contribution in [1.29, 1.82) is 0 Å². The fraction of sp³-hybridized carbons (Fsp3) is 0.643. The molecule has 0 aliphatic heterocycles. The van der Waals surface area contributed by atoms with Crippen LogP contribution in [0.4, 0.5) is 4.79 Å². The molecule has 132 valence electrons. The predicted octanol–water partition coefficient (Wildman–Crippen LogP) is 0.310. The molecule has 9 heteroatoms. The van der Waals surface area contributed by atoms with Gasteiger partial charge in [0.05, 0.1) is 13.0 Å². The van der Waals surface area contributed by atoms with E-state index in [1.807, 2.05) is 0 Å². The van der Waals surface area contributed by atoms with Crippen molar-refractivity contribution in [3.05, 3.63) is 12.3 Å². The molecule has 0 saturated heterocycles. The zero-order chi connectivity index (χ0) is 17.5. The van der Waals surface area contributed by atoms with Gasteiger partial charge < -0.3 is 30.9 Å². The van der Waals surface area contributed by atoms with Crippen molar-refractivity contribution in [1.82, 2.24) is 10.6 Å². The summed E-state index contributed by atoms with van der Waals surface area (Å²) >= 11 is 0. The van der Waals surface area contributed by atoms with E-state index >= 15 is 0 Å². The first-order chi connectivity index (χ1) is 10.9. The Labute approximate surface area is 135 Å². The van der Waals surface area contributed by atoms with Crippen molar-refractivity contribution in [3.8, 4) is 0 Å². The Hall–Kier alpha value is -2.29. The Morgan fingerprint density at radius 2 is 1.83 bits per heavy atom. The second-order valence-electron chi connectivity index (χ2n) is 4.77. The van der Waals surface area contributed by atoms with E-state index in [0.29, 0.717) is 19.4 Å². The highest BCUT2D eigenvalue weighted by Crippen LogP contribution is 1.99. The Morgan fingerprint density at radius 3 is 2.48 bits per heavy atom. The molecule has 0 aliphatic rings. The minimum Gasteiger partial charge on any atom is -0.481 e. The minimum absolute atomic E-state index is 0.00590. The highest BCUT2D eigenvalue weighted by atomic mass is 16.5. The van der Waals surface area contributed by atoms with Crippen LogP contribution in [-0.2, 0) is 19.1 Å². The van der Waals surface area contributed by atoms with Gasteiger partial charge in [0.2, 0.25) is 5.91 Å². The van der Waals surface area contributed by atoms with Gasteiger partial charge >= 0.3 is 12.1 Å². The second-order valence-corrected chi connectivity index (χ2v) is 4.77. The van der Waals surface area contributed by atoms with Crippen LogP contribution in [0.1, 0.15) is 32.1 Å². The highest BCUT2D eigenvalue weighted by Gasteiger charge is 2.03. The number of hydrogen-bond donors (Lipinski definition) is 4. The number of carbonyl (C=O) groups excluding carboxylic acids is 2. The lowest BCUT2D eigenvalue weighted by Gasteiger charge is -2.07. The number of amides is 2. The SMILES string of the molecule is C=C(N)COC(=O)NCCCCCC(=O)NCOCCC(=O)O. The van der Waals surface area contributed by atoms with Crippen LogP contribution < -0.4 is 16.4 Å². The zero-order valence-corrected chi connectivity index (χ0v) is 13.1. The van der Waals surface area contributed by atoms with Gasteiger partial charge in [-0.25, -0.2) is 4.79 Å². The number of unbranched alkanes of at least 4 members (excludes halogenated alkanes) is 2. The van der Waals surface area contributed by atoms with Gasteiger partial charge in [-0.3, -0.25) is 9.59 Å². The van der Waals surface area contributed by atoms with Crippen molar-refractivity contribution < 1.29 is 29.0 Å². The number of carboxylic acids is 1. The molecule has 23 heavy (non-hydrogen) atoms. The van der Waals surface area contributed by atoms with Gasteiger partial charge in [-0.1, -0.05) is 13.0 Å². The summed E-state index contributed by atoms with van der Waals surface area (Å²) in [6.07, 6.45) is 1.88. The molecule has 0 fully saturated rings. The molecule has 2 amide bonds. The maximum Gasteiger partial charge on any atom is 0.407 e. The minimum atomic E-state index is -0.943. The summed E-state index contributed by atoms with van der Waals surface area (Å²) in [6, 6.07) is 0. The van der Waals surface area contributed by atoms with E-state index in [1.165, 1.54) is 0 Å². The van der Waals surface area contributed by atoms with Crippen molar-refractivity contribution in [2.24, 2.45) is 5.73 Å². The van der Waals surface area contributed by atoms with E-state index in [-0.39, 0.29) is 38.0 Å². The van der Waals surface area contributed by atoms with Crippen molar-refractivity contribution >= 4 is 18.0 Å². The molecular formula is C14H25N3O6. The van der Waals surface area contributed by atoms with Crippen LogP contribution in [0, 0.1) is 0 Å². The van der Waals surface area contributed by atoms with Crippen molar-refractivity contribution in [3.63, 3.8) is 0 Å². The number of ether oxygens (including phenoxy) is 2. The molecule has 0 rings (SSSR count). The molecule has 0 saturated carbocycles. The Bertz CT molecular complexity index is 400. The fourth-order valence-corrected chi connectivity index (χ4v) is 1.44. The number of aliphatic carboxylic acids is 1. The number of hydrogen-bond acceptors (Lipinski definition) is 6. The summed E-state index contributed by atoms with van der Waals surface area (Å²) in [4.78, 5) is 32.8. The quantitative estimate of drug-likeness (QED) is 0.281. The third kappa shape index (κ3) is 15.9. The van der Waals surface area contributed by atoms with Crippen LogP contribution in [0.5, 0.6) is 0 Å². The van der Waals surface area contributed by atoms with Gasteiger partial charge in [-0.05, 0) is 12.8 Å². The highest BCUT2D eigenvalue weighted by molar-refractivity contribution is 5.75. The van der Waals surface area contributed by atoms with Crippen LogP contribution in [0.3, 0.4) is 0 Å². The van der Waals surface area contributed by atoms with E-state index in [2.05, 4.69) is 17.2 Å². The summed E-state index contributed by atoms with van der Waals surface area (Å²) in [5, 5.41) is 13.5. The third-order valence-electron chi connectivity index (χ3n) is 2.57. The normalized spacial score (nSPS) is 9.91. The average Bonchev–Trinajstić information content (AvgIpc) is 2.48.